The molecule has 1 saturated heterocycles. The molecule has 1 rings (SSSR count). The number of carboxylic acid groups (broad SMARTS) is 1. The Labute approximate surface area is 96.0 Å². The monoisotopic (exact) mass is 231 g/mol. The Morgan fingerprint density at radius 2 is 2.13 bits per heavy atom. The highest BCUT2D eigenvalue weighted by Gasteiger charge is 2.34. The van der Waals surface area contributed by atoms with E-state index in [9.17, 15) is 4.79 Å². The minimum atomic E-state index is -0.765. The van der Waals surface area contributed by atoms with Gasteiger partial charge in [-0.05, 0) is 18.8 Å². The zero-order valence-corrected chi connectivity index (χ0v) is 10.7. The Kier molecular flexibility index (Phi) is 4.06. The Morgan fingerprint density at radius 3 is 2.53 bits per heavy atom. The van der Waals surface area contributed by atoms with Gasteiger partial charge in [0.2, 0.25) is 0 Å². The third kappa shape index (κ3) is 3.68. The molecule has 1 fully saturated rings. The van der Waals surface area contributed by atoms with Gasteiger partial charge in [0.25, 0.3) is 0 Å². The van der Waals surface area contributed by atoms with Crippen LogP contribution in [0.3, 0.4) is 0 Å². The van der Waals surface area contributed by atoms with E-state index >= 15 is 0 Å². The van der Waals surface area contributed by atoms with Gasteiger partial charge in [-0.15, -0.1) is 0 Å². The molecule has 4 heteroatoms. The first-order valence-corrected chi connectivity index (χ1v) is 6.46. The van der Waals surface area contributed by atoms with Crippen molar-refractivity contribution in [3.63, 3.8) is 0 Å². The minimum absolute atomic E-state index is 0.313. The number of hydrogen-bond donors (Lipinski definition) is 2. The Balaban J connectivity index is 2.40. The summed E-state index contributed by atoms with van der Waals surface area (Å²) in [5.74, 6) is 0.263. The highest BCUT2D eigenvalue weighted by molar-refractivity contribution is 8.00. The molecule has 0 aromatic carbocycles. The molecule has 0 saturated carbocycles. The van der Waals surface area contributed by atoms with Crippen LogP contribution in [0.1, 0.15) is 34.1 Å². The lowest BCUT2D eigenvalue weighted by molar-refractivity contribution is -0.139. The molecule has 0 spiro atoms. The number of rotatable bonds is 3. The molecule has 1 aliphatic heterocycles. The number of thioether (sulfide) groups is 1. The molecule has 0 radical (unpaired) electrons. The second kappa shape index (κ2) is 4.74. The van der Waals surface area contributed by atoms with Gasteiger partial charge >= 0.3 is 5.97 Å². The first-order valence-electron chi connectivity index (χ1n) is 5.41. The van der Waals surface area contributed by atoms with E-state index in [0.29, 0.717) is 16.7 Å². The van der Waals surface area contributed by atoms with Crippen LogP contribution in [0.2, 0.25) is 0 Å². The van der Waals surface area contributed by atoms with Crippen molar-refractivity contribution in [3.05, 3.63) is 0 Å². The van der Waals surface area contributed by atoms with Gasteiger partial charge < -0.3 is 10.4 Å². The highest BCUT2D eigenvalue weighted by atomic mass is 32.2. The summed E-state index contributed by atoms with van der Waals surface area (Å²) in [7, 11) is 0. The largest absolute Gasteiger partial charge is 0.480 e. The first-order chi connectivity index (χ1) is 6.80. The van der Waals surface area contributed by atoms with Crippen molar-refractivity contribution in [2.75, 3.05) is 5.75 Å². The second-order valence-corrected chi connectivity index (χ2v) is 6.58. The fraction of sp³-hybridized carbons (Fsp3) is 0.909. The quantitative estimate of drug-likeness (QED) is 0.779. The van der Waals surface area contributed by atoms with Crippen LogP contribution in [-0.4, -0.2) is 34.2 Å². The fourth-order valence-electron chi connectivity index (χ4n) is 1.77. The van der Waals surface area contributed by atoms with Crippen LogP contribution in [0.4, 0.5) is 0 Å². The first kappa shape index (κ1) is 12.8. The lowest BCUT2D eigenvalue weighted by Crippen LogP contribution is -2.42. The van der Waals surface area contributed by atoms with Crippen LogP contribution in [0.5, 0.6) is 0 Å². The van der Waals surface area contributed by atoms with Crippen molar-refractivity contribution in [1.82, 2.24) is 5.32 Å². The molecule has 2 N–H and O–H groups in total. The lowest BCUT2D eigenvalue weighted by Gasteiger charge is -2.26. The Bertz CT molecular complexity index is 237. The molecule has 0 amide bonds. The van der Waals surface area contributed by atoms with Crippen LogP contribution in [0, 0.1) is 5.41 Å². The van der Waals surface area contributed by atoms with E-state index in [1.807, 2.05) is 11.8 Å². The molecule has 15 heavy (non-hydrogen) atoms. The molecule has 0 aliphatic carbocycles. The van der Waals surface area contributed by atoms with Crippen molar-refractivity contribution in [1.29, 1.82) is 0 Å². The number of aliphatic carboxylic acids is 1. The molecule has 0 bridgehead atoms. The topological polar surface area (TPSA) is 49.3 Å². The standard InChI is InChI=1S/C11H21NO2S/c1-7(10(13)14)12-8-5-9(15-6-8)11(2,3)4/h7-9,12H,5-6H2,1-4H3,(H,13,14). The SMILES string of the molecule is CC(NC1CSC(C(C)(C)C)C1)C(=O)O. The van der Waals surface area contributed by atoms with Gasteiger partial charge in [0.15, 0.2) is 0 Å². The van der Waals surface area contributed by atoms with Gasteiger partial charge in [-0.25, -0.2) is 0 Å². The van der Waals surface area contributed by atoms with Crippen LogP contribution in [0.15, 0.2) is 0 Å². The van der Waals surface area contributed by atoms with Crippen molar-refractivity contribution in [3.8, 4) is 0 Å². The van der Waals surface area contributed by atoms with Gasteiger partial charge in [0.05, 0.1) is 0 Å². The van der Waals surface area contributed by atoms with E-state index in [1.54, 1.807) is 6.92 Å². The molecule has 1 aliphatic rings. The normalized spacial score (nSPS) is 29.1. The maximum Gasteiger partial charge on any atom is 0.320 e. The van der Waals surface area contributed by atoms with E-state index in [0.717, 1.165) is 12.2 Å². The van der Waals surface area contributed by atoms with Gasteiger partial charge in [0.1, 0.15) is 6.04 Å². The summed E-state index contributed by atoms with van der Waals surface area (Å²) in [6.07, 6.45) is 1.08. The third-order valence-corrected chi connectivity index (χ3v) is 4.72. The van der Waals surface area contributed by atoms with Gasteiger partial charge in [-0.3, -0.25) is 4.79 Å². The molecule has 3 unspecified atom stereocenters. The third-order valence-electron chi connectivity index (χ3n) is 2.82. The van der Waals surface area contributed by atoms with Crippen molar-refractivity contribution in [2.24, 2.45) is 5.41 Å². The summed E-state index contributed by atoms with van der Waals surface area (Å²) in [6, 6.07) is -0.0837. The summed E-state index contributed by atoms with van der Waals surface area (Å²) in [4.78, 5) is 10.7. The zero-order chi connectivity index (χ0) is 11.6. The van der Waals surface area contributed by atoms with E-state index in [4.69, 9.17) is 5.11 Å². The highest BCUT2D eigenvalue weighted by Crippen LogP contribution is 2.39. The number of nitrogens with one attached hydrogen (secondary N) is 1. The van der Waals surface area contributed by atoms with Gasteiger partial charge in [0, 0.05) is 17.0 Å². The number of hydrogen-bond acceptors (Lipinski definition) is 3. The molecule has 1 heterocycles. The van der Waals surface area contributed by atoms with Crippen molar-refractivity contribution in [2.45, 2.75) is 51.4 Å². The van der Waals surface area contributed by atoms with E-state index in [2.05, 4.69) is 26.1 Å². The average Bonchev–Trinajstić information content (AvgIpc) is 2.51. The van der Waals surface area contributed by atoms with E-state index < -0.39 is 12.0 Å². The van der Waals surface area contributed by atoms with E-state index in [1.165, 1.54) is 0 Å². The van der Waals surface area contributed by atoms with Gasteiger partial charge in [-0.1, -0.05) is 20.8 Å². The fourth-order valence-corrected chi connectivity index (χ4v) is 3.34. The van der Waals surface area contributed by atoms with Gasteiger partial charge in [-0.2, -0.15) is 11.8 Å². The summed E-state index contributed by atoms with van der Waals surface area (Å²) in [5, 5.41) is 12.6. The smallest absolute Gasteiger partial charge is 0.320 e. The summed E-state index contributed by atoms with van der Waals surface area (Å²) in [6.45, 7) is 8.44. The number of carboxylic acids is 1. The summed E-state index contributed by atoms with van der Waals surface area (Å²) in [5.41, 5.74) is 0.313. The maximum absolute atomic E-state index is 10.7. The molecule has 3 nitrogen and oxygen atoms in total. The van der Waals surface area contributed by atoms with Crippen LogP contribution in [-0.2, 0) is 4.79 Å². The van der Waals surface area contributed by atoms with Crippen molar-refractivity contribution >= 4 is 17.7 Å². The molecule has 0 aromatic heterocycles. The predicted molar refractivity (Wildman–Crippen MR) is 64.3 cm³/mol. The van der Waals surface area contributed by atoms with Crippen molar-refractivity contribution < 1.29 is 9.90 Å². The maximum atomic E-state index is 10.7. The number of carbonyl (C=O) groups is 1. The zero-order valence-electron chi connectivity index (χ0n) is 9.91. The second-order valence-electron chi connectivity index (χ2n) is 5.35. The Hall–Kier alpha value is -0.220. The minimum Gasteiger partial charge on any atom is -0.480 e. The van der Waals surface area contributed by atoms with Crippen LogP contribution >= 0.6 is 11.8 Å². The van der Waals surface area contributed by atoms with Crippen LogP contribution < -0.4 is 5.32 Å². The lowest BCUT2D eigenvalue weighted by atomic mass is 9.88. The Morgan fingerprint density at radius 1 is 1.53 bits per heavy atom. The van der Waals surface area contributed by atoms with E-state index in [-0.39, 0.29) is 0 Å². The molecular weight excluding hydrogens is 210 g/mol. The summed E-state index contributed by atoms with van der Waals surface area (Å²) >= 11 is 1.96. The molecular formula is C11H21NO2S. The predicted octanol–water partition coefficient (Wildman–Crippen LogP) is 1.97. The molecule has 3 atom stereocenters. The average molecular weight is 231 g/mol. The molecule has 0 aromatic rings. The molecule has 88 valence electrons. The van der Waals surface area contributed by atoms with Crippen LogP contribution in [0.25, 0.3) is 0 Å². The summed E-state index contributed by atoms with van der Waals surface area (Å²) < 4.78 is 0.